The number of hydrogen-bond donors (Lipinski definition) is 1. The summed E-state index contributed by atoms with van der Waals surface area (Å²) in [6.07, 6.45) is 7.99. The number of aryl methyl sites for hydroxylation is 2. The van der Waals surface area contributed by atoms with Crippen LogP contribution in [0.2, 0.25) is 0 Å². The fourth-order valence-electron chi connectivity index (χ4n) is 5.24. The number of ether oxygens (including phenoxy) is 2. The van der Waals surface area contributed by atoms with Gasteiger partial charge in [-0.05, 0) is 107 Å². The van der Waals surface area contributed by atoms with Gasteiger partial charge in [0.2, 0.25) is 0 Å². The summed E-state index contributed by atoms with van der Waals surface area (Å²) in [5.74, 6) is 0.497. The van der Waals surface area contributed by atoms with Crippen molar-refractivity contribution in [1.29, 1.82) is 0 Å². The van der Waals surface area contributed by atoms with E-state index in [-0.39, 0.29) is 11.2 Å². The molecule has 0 aromatic heterocycles. The molecular formula is C34H41FO4. The molecule has 5 rings (SSSR count). The third-order valence-electron chi connectivity index (χ3n) is 7.16. The van der Waals surface area contributed by atoms with Crippen molar-refractivity contribution in [1.82, 2.24) is 0 Å². The number of benzene rings is 3. The van der Waals surface area contributed by atoms with E-state index in [1.165, 1.54) is 35.6 Å². The average molecular weight is 533 g/mol. The highest BCUT2D eigenvalue weighted by molar-refractivity contribution is 5.85. The molecule has 0 radical (unpaired) electrons. The normalized spacial score (nSPS) is 14.7. The standard InChI is InChI=1S/C30H31FO2.C2H4O2.C2H6/c1-30(2)15-5-8-28(30)26-16-20(19-33-24-11-10-21-6-4-7-22(21)17-24)9-13-25(26)27-18-23(32-3)12-14-29(27)31;1-2(3)4;1-2/h8-14,16-18H,4-7,15,19H2,1-3H3;1H3,(H,3,4);1-2H3. The Morgan fingerprint density at radius 3 is 2.28 bits per heavy atom. The molecule has 5 heteroatoms. The van der Waals surface area contributed by atoms with Gasteiger partial charge in [0.05, 0.1) is 7.11 Å². The second kappa shape index (κ2) is 13.5. The van der Waals surface area contributed by atoms with Crippen molar-refractivity contribution in [3.05, 3.63) is 88.7 Å². The van der Waals surface area contributed by atoms with E-state index in [1.54, 1.807) is 19.2 Å². The molecule has 3 aromatic carbocycles. The number of carbonyl (C=O) groups is 1. The number of methoxy groups -OCH3 is 1. The first-order valence-electron chi connectivity index (χ1n) is 13.8. The van der Waals surface area contributed by atoms with Gasteiger partial charge in [-0.3, -0.25) is 4.79 Å². The van der Waals surface area contributed by atoms with Gasteiger partial charge in [0, 0.05) is 12.5 Å². The lowest BCUT2D eigenvalue weighted by atomic mass is 9.79. The van der Waals surface area contributed by atoms with Crippen molar-refractivity contribution < 1.29 is 23.8 Å². The van der Waals surface area contributed by atoms with E-state index >= 15 is 0 Å². The van der Waals surface area contributed by atoms with Gasteiger partial charge in [-0.1, -0.05) is 52.0 Å². The molecule has 0 fully saturated rings. The van der Waals surface area contributed by atoms with Crippen LogP contribution < -0.4 is 9.47 Å². The Bertz CT molecular complexity index is 1320. The molecule has 0 bridgehead atoms. The van der Waals surface area contributed by atoms with Gasteiger partial charge in [0.15, 0.2) is 0 Å². The highest BCUT2D eigenvalue weighted by Crippen LogP contribution is 2.47. The van der Waals surface area contributed by atoms with Crippen molar-refractivity contribution in [2.24, 2.45) is 5.41 Å². The Morgan fingerprint density at radius 1 is 0.923 bits per heavy atom. The van der Waals surface area contributed by atoms with Crippen LogP contribution in [0.5, 0.6) is 11.5 Å². The van der Waals surface area contributed by atoms with Gasteiger partial charge in [-0.25, -0.2) is 4.39 Å². The molecule has 0 saturated carbocycles. The van der Waals surface area contributed by atoms with Gasteiger partial charge in [-0.2, -0.15) is 0 Å². The molecule has 208 valence electrons. The van der Waals surface area contributed by atoms with E-state index < -0.39 is 5.97 Å². The van der Waals surface area contributed by atoms with Crippen molar-refractivity contribution in [3.63, 3.8) is 0 Å². The minimum Gasteiger partial charge on any atom is -0.497 e. The summed E-state index contributed by atoms with van der Waals surface area (Å²) >= 11 is 0. The Morgan fingerprint density at radius 2 is 1.62 bits per heavy atom. The van der Waals surface area contributed by atoms with Gasteiger partial charge < -0.3 is 14.6 Å². The first-order valence-corrected chi connectivity index (χ1v) is 13.8. The summed E-state index contributed by atoms with van der Waals surface area (Å²) in [4.78, 5) is 9.00. The topological polar surface area (TPSA) is 55.8 Å². The number of fused-ring (bicyclic) bond motifs is 1. The Hall–Kier alpha value is -3.60. The molecule has 0 atom stereocenters. The van der Waals surface area contributed by atoms with Gasteiger partial charge in [0.1, 0.15) is 23.9 Å². The smallest absolute Gasteiger partial charge is 0.300 e. The quantitative estimate of drug-likeness (QED) is 0.344. The van der Waals surface area contributed by atoms with E-state index in [1.807, 2.05) is 26.0 Å². The number of allylic oxidation sites excluding steroid dienone is 2. The average Bonchev–Trinajstić information content (AvgIpc) is 3.53. The molecule has 0 heterocycles. The maximum absolute atomic E-state index is 14.9. The third kappa shape index (κ3) is 7.50. The Kier molecular flexibility index (Phi) is 10.3. The first kappa shape index (κ1) is 29.9. The molecule has 0 unspecified atom stereocenters. The van der Waals surface area contributed by atoms with Crippen LogP contribution in [-0.4, -0.2) is 18.2 Å². The second-order valence-electron chi connectivity index (χ2n) is 10.4. The zero-order valence-corrected chi connectivity index (χ0v) is 24.1. The molecule has 0 spiro atoms. The van der Waals surface area contributed by atoms with E-state index in [0.29, 0.717) is 17.9 Å². The van der Waals surface area contributed by atoms with Crippen LogP contribution in [0, 0.1) is 11.2 Å². The predicted molar refractivity (Wildman–Crippen MR) is 157 cm³/mol. The summed E-state index contributed by atoms with van der Waals surface area (Å²) in [7, 11) is 1.61. The summed E-state index contributed by atoms with van der Waals surface area (Å²) in [5.41, 5.74) is 7.82. The lowest BCUT2D eigenvalue weighted by Crippen LogP contribution is -2.10. The number of carboxylic acids is 1. The molecule has 2 aliphatic carbocycles. The summed E-state index contributed by atoms with van der Waals surface area (Å²) in [6, 6.07) is 17.7. The molecule has 3 aromatic rings. The third-order valence-corrected chi connectivity index (χ3v) is 7.16. The highest BCUT2D eigenvalue weighted by Gasteiger charge is 2.30. The van der Waals surface area contributed by atoms with Crippen molar-refractivity contribution in [2.75, 3.05) is 7.11 Å². The first-order chi connectivity index (χ1) is 18.7. The molecule has 39 heavy (non-hydrogen) atoms. The monoisotopic (exact) mass is 532 g/mol. The lowest BCUT2D eigenvalue weighted by molar-refractivity contribution is -0.134. The number of aliphatic carboxylic acids is 1. The van der Waals surface area contributed by atoms with E-state index in [2.05, 4.69) is 44.2 Å². The molecule has 0 saturated heterocycles. The fraction of sp³-hybridized carbons (Fsp3) is 0.382. The van der Waals surface area contributed by atoms with E-state index in [9.17, 15) is 4.39 Å². The zero-order valence-electron chi connectivity index (χ0n) is 24.1. The summed E-state index contributed by atoms with van der Waals surface area (Å²) in [5, 5.41) is 7.42. The minimum absolute atomic E-state index is 0.0452. The maximum atomic E-state index is 14.9. The van der Waals surface area contributed by atoms with Crippen molar-refractivity contribution in [2.45, 2.75) is 73.3 Å². The maximum Gasteiger partial charge on any atom is 0.300 e. The van der Waals surface area contributed by atoms with Crippen LogP contribution in [-0.2, 0) is 24.2 Å². The summed E-state index contributed by atoms with van der Waals surface area (Å²) < 4.78 is 26.5. The van der Waals surface area contributed by atoms with Crippen LogP contribution in [0.3, 0.4) is 0 Å². The fourth-order valence-corrected chi connectivity index (χ4v) is 5.24. The SMILES string of the molecule is CC.CC(=O)O.COc1ccc(F)c(-c2ccc(COc3ccc4c(c3)CCC4)cc2C2=CCCC2(C)C)c1. The Labute approximate surface area is 232 Å². The number of hydrogen-bond acceptors (Lipinski definition) is 3. The predicted octanol–water partition coefficient (Wildman–Crippen LogP) is 8.89. The minimum atomic E-state index is -0.833. The van der Waals surface area contributed by atoms with Gasteiger partial charge in [-0.15, -0.1) is 0 Å². The van der Waals surface area contributed by atoms with Crippen LogP contribution >= 0.6 is 0 Å². The van der Waals surface area contributed by atoms with Gasteiger partial charge in [0.25, 0.3) is 5.97 Å². The van der Waals surface area contributed by atoms with Crippen molar-refractivity contribution >= 4 is 11.5 Å². The number of carboxylic acid groups (broad SMARTS) is 1. The van der Waals surface area contributed by atoms with Crippen LogP contribution in [0.4, 0.5) is 4.39 Å². The number of halogens is 1. The molecular weight excluding hydrogens is 491 g/mol. The molecule has 2 aliphatic rings. The summed E-state index contributed by atoms with van der Waals surface area (Å²) in [6.45, 7) is 10.1. The van der Waals surface area contributed by atoms with Gasteiger partial charge >= 0.3 is 0 Å². The van der Waals surface area contributed by atoms with E-state index in [4.69, 9.17) is 19.4 Å². The van der Waals surface area contributed by atoms with Crippen LogP contribution in [0.15, 0.2) is 60.7 Å². The van der Waals surface area contributed by atoms with Crippen LogP contribution in [0.1, 0.15) is 76.1 Å². The molecule has 0 aliphatic heterocycles. The zero-order chi connectivity index (χ0) is 28.6. The number of rotatable bonds is 6. The largest absolute Gasteiger partial charge is 0.497 e. The van der Waals surface area contributed by atoms with Crippen LogP contribution in [0.25, 0.3) is 16.7 Å². The molecule has 0 amide bonds. The lowest BCUT2D eigenvalue weighted by Gasteiger charge is -2.25. The molecule has 1 N–H and O–H groups in total. The molecule has 4 nitrogen and oxygen atoms in total. The van der Waals surface area contributed by atoms with Crippen molar-refractivity contribution in [3.8, 4) is 22.6 Å². The Balaban J connectivity index is 0.000000644. The second-order valence-corrected chi connectivity index (χ2v) is 10.4. The highest BCUT2D eigenvalue weighted by atomic mass is 19.1. The van der Waals surface area contributed by atoms with E-state index in [0.717, 1.165) is 48.6 Å².